The molecule has 0 aromatic heterocycles. The molecule has 0 aliphatic carbocycles. The van der Waals surface area contributed by atoms with Crippen molar-refractivity contribution in [1.82, 2.24) is 4.90 Å². The summed E-state index contributed by atoms with van der Waals surface area (Å²) in [5.74, 6) is 0.0634. The largest absolute Gasteiger partial charge is 0.388 e. The summed E-state index contributed by atoms with van der Waals surface area (Å²) in [4.78, 5) is 14.4. The Morgan fingerprint density at radius 1 is 1.10 bits per heavy atom. The van der Waals surface area contributed by atoms with Crippen molar-refractivity contribution in [2.75, 3.05) is 18.9 Å². The van der Waals surface area contributed by atoms with Crippen LogP contribution >= 0.6 is 0 Å². The Balaban J connectivity index is 2.16. The maximum absolute atomic E-state index is 12.5. The molecule has 0 saturated carbocycles. The standard InChI is InChI=1S/C17H20N2O/c1-3-19(13-14-8-5-4-6-9-14)17(20)15-10-7-11-16(12-15)18-2/h4-12,18H,3,13H2,1-2H3. The molecule has 104 valence electrons. The van der Waals surface area contributed by atoms with Crippen LogP contribution in [-0.2, 0) is 6.54 Å². The maximum atomic E-state index is 12.5. The second-order valence-electron chi connectivity index (χ2n) is 4.64. The topological polar surface area (TPSA) is 32.3 Å². The zero-order valence-corrected chi connectivity index (χ0v) is 12.0. The van der Waals surface area contributed by atoms with Gasteiger partial charge in [-0.15, -0.1) is 0 Å². The van der Waals surface area contributed by atoms with Gasteiger partial charge in [0.15, 0.2) is 0 Å². The monoisotopic (exact) mass is 268 g/mol. The van der Waals surface area contributed by atoms with E-state index in [0.717, 1.165) is 16.8 Å². The molecular weight excluding hydrogens is 248 g/mol. The number of amides is 1. The normalized spacial score (nSPS) is 10.1. The minimum atomic E-state index is 0.0634. The van der Waals surface area contributed by atoms with E-state index in [9.17, 15) is 4.79 Å². The van der Waals surface area contributed by atoms with Crippen LogP contribution in [0, 0.1) is 0 Å². The highest BCUT2D eigenvalue weighted by Crippen LogP contribution is 2.14. The Morgan fingerprint density at radius 2 is 1.85 bits per heavy atom. The second kappa shape index (κ2) is 6.75. The zero-order chi connectivity index (χ0) is 14.4. The van der Waals surface area contributed by atoms with E-state index in [0.29, 0.717) is 13.1 Å². The van der Waals surface area contributed by atoms with E-state index in [-0.39, 0.29) is 5.91 Å². The van der Waals surface area contributed by atoms with Crippen LogP contribution in [0.25, 0.3) is 0 Å². The van der Waals surface area contributed by atoms with Crippen molar-refractivity contribution in [2.45, 2.75) is 13.5 Å². The Bertz CT molecular complexity index is 566. The van der Waals surface area contributed by atoms with E-state index >= 15 is 0 Å². The van der Waals surface area contributed by atoms with E-state index in [4.69, 9.17) is 0 Å². The average molecular weight is 268 g/mol. The SMILES string of the molecule is CCN(Cc1ccccc1)C(=O)c1cccc(NC)c1. The Morgan fingerprint density at radius 3 is 2.50 bits per heavy atom. The number of nitrogens with zero attached hydrogens (tertiary/aromatic N) is 1. The first-order valence-corrected chi connectivity index (χ1v) is 6.85. The lowest BCUT2D eigenvalue weighted by Gasteiger charge is -2.21. The molecule has 0 unspecified atom stereocenters. The fourth-order valence-electron chi connectivity index (χ4n) is 2.12. The summed E-state index contributed by atoms with van der Waals surface area (Å²) in [6.07, 6.45) is 0. The molecule has 0 atom stereocenters. The third-order valence-corrected chi connectivity index (χ3v) is 3.28. The highest BCUT2D eigenvalue weighted by molar-refractivity contribution is 5.95. The van der Waals surface area contributed by atoms with Gasteiger partial charge < -0.3 is 10.2 Å². The van der Waals surface area contributed by atoms with Crippen molar-refractivity contribution in [2.24, 2.45) is 0 Å². The lowest BCUT2D eigenvalue weighted by atomic mass is 10.1. The summed E-state index contributed by atoms with van der Waals surface area (Å²) < 4.78 is 0. The third kappa shape index (κ3) is 3.38. The molecule has 0 aliphatic heterocycles. The van der Waals surface area contributed by atoms with Crippen LogP contribution in [0.3, 0.4) is 0 Å². The molecule has 3 heteroatoms. The van der Waals surface area contributed by atoms with Gasteiger partial charge in [0.1, 0.15) is 0 Å². The number of hydrogen-bond acceptors (Lipinski definition) is 2. The van der Waals surface area contributed by atoms with Crippen molar-refractivity contribution in [1.29, 1.82) is 0 Å². The predicted molar refractivity (Wildman–Crippen MR) is 82.8 cm³/mol. The van der Waals surface area contributed by atoms with Gasteiger partial charge >= 0.3 is 0 Å². The van der Waals surface area contributed by atoms with Gasteiger partial charge in [0, 0.05) is 31.4 Å². The first-order chi connectivity index (χ1) is 9.74. The molecule has 0 radical (unpaired) electrons. The predicted octanol–water partition coefficient (Wildman–Crippen LogP) is 3.39. The van der Waals surface area contributed by atoms with Gasteiger partial charge in [-0.2, -0.15) is 0 Å². The van der Waals surface area contributed by atoms with Gasteiger partial charge in [-0.05, 0) is 30.7 Å². The number of nitrogens with one attached hydrogen (secondary N) is 1. The van der Waals surface area contributed by atoms with Crippen LogP contribution < -0.4 is 5.32 Å². The van der Waals surface area contributed by atoms with Gasteiger partial charge in [0.2, 0.25) is 0 Å². The second-order valence-corrected chi connectivity index (χ2v) is 4.64. The number of anilines is 1. The van der Waals surface area contributed by atoms with Crippen LogP contribution in [0.15, 0.2) is 54.6 Å². The van der Waals surface area contributed by atoms with Gasteiger partial charge in [-0.3, -0.25) is 4.79 Å². The molecule has 2 rings (SSSR count). The van der Waals surface area contributed by atoms with Crippen LogP contribution in [0.1, 0.15) is 22.8 Å². The van der Waals surface area contributed by atoms with Crippen LogP contribution in [0.4, 0.5) is 5.69 Å². The summed E-state index contributed by atoms with van der Waals surface area (Å²) in [5.41, 5.74) is 2.81. The summed E-state index contributed by atoms with van der Waals surface area (Å²) >= 11 is 0. The number of hydrogen-bond donors (Lipinski definition) is 1. The molecule has 0 bridgehead atoms. The number of carbonyl (C=O) groups excluding carboxylic acids is 1. The molecule has 0 saturated heterocycles. The first-order valence-electron chi connectivity index (χ1n) is 6.85. The fourth-order valence-corrected chi connectivity index (χ4v) is 2.12. The van der Waals surface area contributed by atoms with Crippen molar-refractivity contribution < 1.29 is 4.79 Å². The minimum Gasteiger partial charge on any atom is -0.388 e. The highest BCUT2D eigenvalue weighted by Gasteiger charge is 2.14. The van der Waals surface area contributed by atoms with E-state index in [2.05, 4.69) is 5.32 Å². The van der Waals surface area contributed by atoms with Crippen molar-refractivity contribution in [3.05, 3.63) is 65.7 Å². The van der Waals surface area contributed by atoms with Crippen molar-refractivity contribution >= 4 is 11.6 Å². The van der Waals surface area contributed by atoms with E-state index in [1.807, 2.05) is 73.5 Å². The molecule has 0 fully saturated rings. The zero-order valence-electron chi connectivity index (χ0n) is 12.0. The molecule has 3 nitrogen and oxygen atoms in total. The molecule has 20 heavy (non-hydrogen) atoms. The summed E-state index contributed by atoms with van der Waals surface area (Å²) in [6.45, 7) is 3.33. The van der Waals surface area contributed by atoms with Crippen LogP contribution in [0.2, 0.25) is 0 Å². The summed E-state index contributed by atoms with van der Waals surface area (Å²) in [5, 5.41) is 3.06. The number of benzene rings is 2. The van der Waals surface area contributed by atoms with Gasteiger partial charge in [0.25, 0.3) is 5.91 Å². The molecule has 0 aliphatic rings. The Kier molecular flexibility index (Phi) is 4.77. The van der Waals surface area contributed by atoms with E-state index in [1.54, 1.807) is 0 Å². The van der Waals surface area contributed by atoms with Crippen LogP contribution in [0.5, 0.6) is 0 Å². The fraction of sp³-hybridized carbons (Fsp3) is 0.235. The Hall–Kier alpha value is -2.29. The molecule has 1 N–H and O–H groups in total. The van der Waals surface area contributed by atoms with Gasteiger partial charge in [-0.1, -0.05) is 36.4 Å². The Labute approximate surface area is 120 Å². The highest BCUT2D eigenvalue weighted by atomic mass is 16.2. The number of rotatable bonds is 5. The van der Waals surface area contributed by atoms with E-state index in [1.165, 1.54) is 0 Å². The minimum absolute atomic E-state index is 0.0634. The smallest absolute Gasteiger partial charge is 0.254 e. The quantitative estimate of drug-likeness (QED) is 0.901. The van der Waals surface area contributed by atoms with E-state index < -0.39 is 0 Å². The number of carbonyl (C=O) groups is 1. The molecule has 2 aromatic rings. The van der Waals surface area contributed by atoms with Crippen molar-refractivity contribution in [3.8, 4) is 0 Å². The average Bonchev–Trinajstić information content (AvgIpc) is 2.53. The molecular formula is C17H20N2O. The molecule has 0 spiro atoms. The van der Waals surface area contributed by atoms with Gasteiger partial charge in [-0.25, -0.2) is 0 Å². The first kappa shape index (κ1) is 14.1. The van der Waals surface area contributed by atoms with Crippen molar-refractivity contribution in [3.63, 3.8) is 0 Å². The lowest BCUT2D eigenvalue weighted by molar-refractivity contribution is 0.0752. The summed E-state index contributed by atoms with van der Waals surface area (Å²) in [7, 11) is 1.85. The molecule has 0 heterocycles. The lowest BCUT2D eigenvalue weighted by Crippen LogP contribution is -2.30. The third-order valence-electron chi connectivity index (χ3n) is 3.28. The molecule has 2 aromatic carbocycles. The van der Waals surface area contributed by atoms with Gasteiger partial charge in [0.05, 0.1) is 0 Å². The molecule has 1 amide bonds. The summed E-state index contributed by atoms with van der Waals surface area (Å²) in [6, 6.07) is 17.6. The maximum Gasteiger partial charge on any atom is 0.254 e. The van der Waals surface area contributed by atoms with Crippen LogP contribution in [-0.4, -0.2) is 24.4 Å².